The van der Waals surface area contributed by atoms with Crippen LogP contribution in [0.4, 0.5) is 0 Å². The first kappa shape index (κ1) is 18.7. The van der Waals surface area contributed by atoms with Gasteiger partial charge in [0.15, 0.2) is 11.5 Å². The van der Waals surface area contributed by atoms with E-state index < -0.39 is 21.8 Å². The number of ether oxygens (including phenoxy) is 1. The first-order valence-electron chi connectivity index (χ1n) is 6.87. The highest BCUT2D eigenvalue weighted by molar-refractivity contribution is 8.26. The summed E-state index contributed by atoms with van der Waals surface area (Å²) in [5, 5.41) is 9.68. The van der Waals surface area contributed by atoms with E-state index in [4.69, 9.17) is 21.5 Å². The van der Waals surface area contributed by atoms with Crippen LogP contribution in [0.2, 0.25) is 0 Å². The molecule has 1 aliphatic heterocycles. The van der Waals surface area contributed by atoms with Gasteiger partial charge in [-0.3, -0.25) is 14.2 Å². The summed E-state index contributed by atoms with van der Waals surface area (Å²) in [5.41, 5.74) is 0.631. The molecule has 1 aromatic carbocycles. The molecule has 1 heterocycles. The van der Waals surface area contributed by atoms with E-state index in [0.29, 0.717) is 22.8 Å². The van der Waals surface area contributed by atoms with Crippen molar-refractivity contribution >= 4 is 50.4 Å². The highest BCUT2D eigenvalue weighted by Crippen LogP contribution is 2.34. The minimum absolute atomic E-state index is 0.00491. The number of hydrogen-bond donors (Lipinski definition) is 2. The molecule has 0 saturated carbocycles. The van der Waals surface area contributed by atoms with E-state index in [-0.39, 0.29) is 16.6 Å². The minimum Gasteiger partial charge on any atom is -0.504 e. The molecule has 10 heteroatoms. The second-order valence-corrected chi connectivity index (χ2v) is 8.03. The lowest BCUT2D eigenvalue weighted by atomic mass is 10.2. The van der Waals surface area contributed by atoms with Gasteiger partial charge in [0, 0.05) is 6.54 Å². The molecule has 1 fully saturated rings. The van der Waals surface area contributed by atoms with Crippen LogP contribution in [0, 0.1) is 0 Å². The summed E-state index contributed by atoms with van der Waals surface area (Å²) < 4.78 is 35.9. The van der Waals surface area contributed by atoms with E-state index in [2.05, 4.69) is 0 Å². The molecule has 0 spiro atoms. The quantitative estimate of drug-likeness (QED) is 0.432. The average Bonchev–Trinajstić information content (AvgIpc) is 2.74. The summed E-state index contributed by atoms with van der Waals surface area (Å²) in [6, 6.07) is 4.65. The fourth-order valence-electron chi connectivity index (χ4n) is 1.94. The Morgan fingerprint density at radius 3 is 2.75 bits per heavy atom. The van der Waals surface area contributed by atoms with Crippen LogP contribution in [-0.4, -0.2) is 52.1 Å². The van der Waals surface area contributed by atoms with Gasteiger partial charge in [-0.15, -0.1) is 0 Å². The molecule has 130 valence electrons. The Morgan fingerprint density at radius 1 is 1.42 bits per heavy atom. The van der Waals surface area contributed by atoms with Crippen LogP contribution in [0.15, 0.2) is 23.1 Å². The monoisotopic (exact) mass is 389 g/mol. The summed E-state index contributed by atoms with van der Waals surface area (Å²) in [6.45, 7) is 1.96. The first-order valence-corrected chi connectivity index (χ1v) is 9.71. The van der Waals surface area contributed by atoms with Crippen molar-refractivity contribution in [3.05, 3.63) is 28.7 Å². The maximum Gasteiger partial charge on any atom is 0.266 e. The molecule has 2 rings (SSSR count). The number of phenolic OH excluding ortho intramolecular Hbond substituents is 1. The van der Waals surface area contributed by atoms with Gasteiger partial charge in [0.1, 0.15) is 4.32 Å². The zero-order chi connectivity index (χ0) is 17.9. The Morgan fingerprint density at radius 2 is 2.12 bits per heavy atom. The van der Waals surface area contributed by atoms with Gasteiger partial charge in [0.2, 0.25) is 0 Å². The number of nitrogens with zero attached hydrogens (tertiary/aromatic N) is 1. The predicted octanol–water partition coefficient (Wildman–Crippen LogP) is 1.88. The molecular weight excluding hydrogens is 374 g/mol. The van der Waals surface area contributed by atoms with Crippen molar-refractivity contribution in [1.29, 1.82) is 0 Å². The minimum atomic E-state index is -4.18. The summed E-state index contributed by atoms with van der Waals surface area (Å²) in [5.74, 6) is -0.720. The van der Waals surface area contributed by atoms with Crippen molar-refractivity contribution in [3.63, 3.8) is 0 Å². The third-order valence-corrected chi connectivity index (χ3v) is 5.10. The predicted molar refractivity (Wildman–Crippen MR) is 95.6 cm³/mol. The van der Waals surface area contributed by atoms with Gasteiger partial charge < -0.3 is 9.84 Å². The molecule has 0 radical (unpaired) electrons. The molecular formula is C14H15NO6S3. The Kier molecular flexibility index (Phi) is 5.86. The second-order valence-electron chi connectivity index (χ2n) is 4.78. The van der Waals surface area contributed by atoms with E-state index in [1.165, 1.54) is 6.07 Å². The van der Waals surface area contributed by atoms with Gasteiger partial charge in [0.05, 0.1) is 17.3 Å². The van der Waals surface area contributed by atoms with Crippen molar-refractivity contribution in [3.8, 4) is 11.5 Å². The normalized spacial score (nSPS) is 16.9. The van der Waals surface area contributed by atoms with Gasteiger partial charge in [-0.05, 0) is 30.7 Å². The van der Waals surface area contributed by atoms with E-state index in [9.17, 15) is 18.3 Å². The van der Waals surface area contributed by atoms with Crippen LogP contribution in [0.3, 0.4) is 0 Å². The third-order valence-electron chi connectivity index (χ3n) is 3.03. The molecule has 1 aromatic rings. The molecule has 0 aliphatic carbocycles. The smallest absolute Gasteiger partial charge is 0.266 e. The fraction of sp³-hybridized carbons (Fsp3) is 0.286. The number of carbonyl (C=O) groups excluding carboxylic acids is 1. The van der Waals surface area contributed by atoms with Crippen molar-refractivity contribution in [2.24, 2.45) is 0 Å². The summed E-state index contributed by atoms with van der Waals surface area (Å²) >= 11 is 6.11. The van der Waals surface area contributed by atoms with Gasteiger partial charge in [-0.2, -0.15) is 8.42 Å². The van der Waals surface area contributed by atoms with Crippen LogP contribution < -0.4 is 4.74 Å². The number of hydrogen-bond acceptors (Lipinski definition) is 7. The van der Waals surface area contributed by atoms with Crippen LogP contribution in [0.25, 0.3) is 6.08 Å². The standard InChI is InChI=1S/C14H15NO6S3/c1-2-21-11-7-9(3-4-10(11)16)8-12-13(17)15(14(22)23-12)5-6-24(18,19)20/h3-4,7-8,16H,2,5-6H2,1H3,(H,18,19,20)/b12-8-. The van der Waals surface area contributed by atoms with E-state index in [1.54, 1.807) is 25.1 Å². The largest absolute Gasteiger partial charge is 0.504 e. The molecule has 0 atom stereocenters. The van der Waals surface area contributed by atoms with Crippen molar-refractivity contribution < 1.29 is 27.6 Å². The number of amides is 1. The van der Waals surface area contributed by atoms with E-state index in [0.717, 1.165) is 16.7 Å². The van der Waals surface area contributed by atoms with Crippen LogP contribution in [-0.2, 0) is 14.9 Å². The van der Waals surface area contributed by atoms with Crippen molar-refractivity contribution in [2.45, 2.75) is 6.92 Å². The Bertz CT molecular complexity index is 803. The number of phenols is 1. The lowest BCUT2D eigenvalue weighted by molar-refractivity contribution is -0.121. The molecule has 0 unspecified atom stereocenters. The first-order chi connectivity index (χ1) is 11.2. The zero-order valence-electron chi connectivity index (χ0n) is 12.6. The van der Waals surface area contributed by atoms with Gasteiger partial charge in [0.25, 0.3) is 16.0 Å². The average molecular weight is 389 g/mol. The summed E-state index contributed by atoms with van der Waals surface area (Å²) in [4.78, 5) is 13.8. The number of carbonyl (C=O) groups is 1. The van der Waals surface area contributed by atoms with Gasteiger partial charge in [-0.1, -0.05) is 30.0 Å². The number of aromatic hydroxyl groups is 1. The Hall–Kier alpha value is -1.62. The van der Waals surface area contributed by atoms with Crippen LogP contribution >= 0.6 is 24.0 Å². The topological polar surface area (TPSA) is 104 Å². The van der Waals surface area contributed by atoms with E-state index in [1.807, 2.05) is 0 Å². The SMILES string of the molecule is CCOc1cc(/C=C2\SC(=S)N(CCS(=O)(=O)O)C2=O)ccc1O. The van der Waals surface area contributed by atoms with E-state index >= 15 is 0 Å². The van der Waals surface area contributed by atoms with Crippen LogP contribution in [0.5, 0.6) is 11.5 Å². The molecule has 2 N–H and O–H groups in total. The maximum atomic E-state index is 12.3. The highest BCUT2D eigenvalue weighted by Gasteiger charge is 2.32. The number of rotatable bonds is 6. The lowest BCUT2D eigenvalue weighted by Gasteiger charge is -2.12. The molecule has 1 saturated heterocycles. The molecule has 7 nitrogen and oxygen atoms in total. The summed E-state index contributed by atoms with van der Waals surface area (Å²) in [6.07, 6.45) is 1.58. The Labute approximate surface area is 149 Å². The third kappa shape index (κ3) is 4.69. The summed E-state index contributed by atoms with van der Waals surface area (Å²) in [7, 11) is -4.18. The molecule has 1 amide bonds. The van der Waals surface area contributed by atoms with Crippen LogP contribution in [0.1, 0.15) is 12.5 Å². The molecule has 1 aliphatic rings. The maximum absolute atomic E-state index is 12.3. The highest BCUT2D eigenvalue weighted by atomic mass is 32.2. The molecule has 24 heavy (non-hydrogen) atoms. The Balaban J connectivity index is 2.21. The zero-order valence-corrected chi connectivity index (χ0v) is 15.1. The second kappa shape index (κ2) is 7.51. The molecule has 0 bridgehead atoms. The molecule has 0 aromatic heterocycles. The number of thioether (sulfide) groups is 1. The van der Waals surface area contributed by atoms with Gasteiger partial charge >= 0.3 is 0 Å². The van der Waals surface area contributed by atoms with Crippen molar-refractivity contribution in [1.82, 2.24) is 4.90 Å². The number of thiocarbonyl (C=S) groups is 1. The van der Waals surface area contributed by atoms with Gasteiger partial charge in [-0.25, -0.2) is 0 Å². The fourth-order valence-corrected chi connectivity index (χ4v) is 3.66. The number of benzene rings is 1. The lowest BCUT2D eigenvalue weighted by Crippen LogP contribution is -2.32. The van der Waals surface area contributed by atoms with Crippen molar-refractivity contribution in [2.75, 3.05) is 18.9 Å².